The monoisotopic (exact) mass is 501 g/mol. The number of aliphatic imine (C=N–C) groups is 1. The quantitative estimate of drug-likeness (QED) is 0.230. The maximum atomic E-state index is 12.5. The molecule has 0 atom stereocenters. The Labute approximate surface area is 174 Å². The van der Waals surface area contributed by atoms with E-state index in [0.29, 0.717) is 19.8 Å². The average Bonchev–Trinajstić information content (AvgIpc) is 3.03. The summed E-state index contributed by atoms with van der Waals surface area (Å²) >= 11 is 0. The van der Waals surface area contributed by atoms with Gasteiger partial charge in [0.2, 0.25) is 0 Å². The van der Waals surface area contributed by atoms with Crippen LogP contribution in [-0.2, 0) is 4.74 Å². The fourth-order valence-corrected chi connectivity index (χ4v) is 3.26. The lowest BCUT2D eigenvalue weighted by atomic mass is 9.83. The number of nitrogens with one attached hydrogen (secondary N) is 1. The molecule has 0 spiro atoms. The summed E-state index contributed by atoms with van der Waals surface area (Å²) in [7, 11) is 0. The lowest BCUT2D eigenvalue weighted by Gasteiger charge is -2.27. The normalized spacial score (nSPS) is 16.7. The van der Waals surface area contributed by atoms with Crippen LogP contribution in [0, 0.1) is 5.41 Å². The van der Waals surface area contributed by atoms with E-state index in [0.717, 1.165) is 32.1 Å². The van der Waals surface area contributed by atoms with E-state index < -0.39 is 6.36 Å². The van der Waals surface area contributed by atoms with Crippen molar-refractivity contribution >= 4 is 35.6 Å². The first-order valence-corrected chi connectivity index (χ1v) is 8.83. The summed E-state index contributed by atoms with van der Waals surface area (Å²) in [6, 6.07) is 5.74. The van der Waals surface area contributed by atoms with E-state index in [-0.39, 0.29) is 46.8 Å². The van der Waals surface area contributed by atoms with E-state index in [2.05, 4.69) is 15.0 Å². The largest absolute Gasteiger partial charge is 0.573 e. The van der Waals surface area contributed by atoms with Crippen LogP contribution in [0.25, 0.3) is 0 Å². The Balaban J connectivity index is 0.00000364. The number of anilines is 1. The van der Waals surface area contributed by atoms with E-state index in [1.54, 1.807) is 6.07 Å². The Kier molecular flexibility index (Phi) is 9.65. The van der Waals surface area contributed by atoms with Gasteiger partial charge >= 0.3 is 6.36 Å². The predicted molar refractivity (Wildman–Crippen MR) is 111 cm³/mol. The molecule has 1 aromatic rings. The average molecular weight is 501 g/mol. The number of nitrogens with zero attached hydrogens (tertiary/aromatic N) is 1. The molecule has 1 aliphatic carbocycles. The third-order valence-electron chi connectivity index (χ3n) is 4.61. The van der Waals surface area contributed by atoms with Gasteiger partial charge in [0.05, 0.1) is 5.69 Å². The van der Waals surface area contributed by atoms with Gasteiger partial charge in [-0.25, -0.2) is 0 Å². The maximum absolute atomic E-state index is 12.5. The Morgan fingerprint density at radius 3 is 2.56 bits per heavy atom. The van der Waals surface area contributed by atoms with E-state index in [4.69, 9.17) is 10.5 Å². The lowest BCUT2D eigenvalue weighted by molar-refractivity contribution is -0.274. The SMILES string of the molecule is CCOCCC1(CN=C(N)Nc2ccccc2OC(F)(F)F)CCCC1.I. The van der Waals surface area contributed by atoms with Crippen molar-refractivity contribution in [3.63, 3.8) is 0 Å². The van der Waals surface area contributed by atoms with E-state index in [1.165, 1.54) is 18.2 Å². The number of para-hydroxylation sites is 2. The summed E-state index contributed by atoms with van der Waals surface area (Å²) in [5.41, 5.74) is 6.09. The molecule has 0 aromatic heterocycles. The summed E-state index contributed by atoms with van der Waals surface area (Å²) in [5, 5.41) is 2.71. The summed E-state index contributed by atoms with van der Waals surface area (Å²) < 4.78 is 46.9. The van der Waals surface area contributed by atoms with Crippen molar-refractivity contribution in [1.82, 2.24) is 0 Å². The van der Waals surface area contributed by atoms with Crippen molar-refractivity contribution in [2.24, 2.45) is 16.1 Å². The molecular weight excluding hydrogens is 474 g/mol. The molecule has 9 heteroatoms. The van der Waals surface area contributed by atoms with Crippen LogP contribution < -0.4 is 15.8 Å². The summed E-state index contributed by atoms with van der Waals surface area (Å²) in [5.74, 6) is -0.268. The second-order valence-corrected chi connectivity index (χ2v) is 6.52. The van der Waals surface area contributed by atoms with E-state index in [1.807, 2.05) is 6.92 Å². The zero-order valence-corrected chi connectivity index (χ0v) is 17.7. The van der Waals surface area contributed by atoms with Gasteiger partial charge in [-0.3, -0.25) is 4.99 Å². The molecule has 154 valence electrons. The number of ether oxygens (including phenoxy) is 2. The first-order chi connectivity index (χ1) is 12.3. The number of nitrogens with two attached hydrogens (primary N) is 1. The zero-order valence-electron chi connectivity index (χ0n) is 15.3. The second-order valence-electron chi connectivity index (χ2n) is 6.52. The van der Waals surface area contributed by atoms with Crippen LogP contribution in [-0.4, -0.2) is 32.1 Å². The lowest BCUT2D eigenvalue weighted by Crippen LogP contribution is -2.28. The highest BCUT2D eigenvalue weighted by atomic mass is 127. The Bertz CT molecular complexity index is 606. The molecule has 0 unspecified atom stereocenters. The first kappa shape index (κ1) is 23.8. The Hall–Kier alpha value is -1.23. The van der Waals surface area contributed by atoms with Crippen LogP contribution in [0.15, 0.2) is 29.3 Å². The third kappa shape index (κ3) is 8.12. The molecule has 5 nitrogen and oxygen atoms in total. The minimum atomic E-state index is -4.77. The van der Waals surface area contributed by atoms with Crippen molar-refractivity contribution in [3.8, 4) is 5.75 Å². The van der Waals surface area contributed by atoms with E-state index >= 15 is 0 Å². The summed E-state index contributed by atoms with van der Waals surface area (Å²) in [4.78, 5) is 4.38. The van der Waals surface area contributed by atoms with Gasteiger partial charge in [0, 0.05) is 19.8 Å². The third-order valence-corrected chi connectivity index (χ3v) is 4.61. The number of guanidine groups is 1. The van der Waals surface area contributed by atoms with Gasteiger partial charge in [0.15, 0.2) is 11.7 Å². The molecule has 0 amide bonds. The molecule has 1 aromatic carbocycles. The minimum absolute atomic E-state index is 0. The zero-order chi connectivity index (χ0) is 19.0. The van der Waals surface area contributed by atoms with Crippen LogP contribution in [0.4, 0.5) is 18.9 Å². The van der Waals surface area contributed by atoms with Gasteiger partial charge in [0.25, 0.3) is 0 Å². The van der Waals surface area contributed by atoms with Crippen LogP contribution in [0.1, 0.15) is 39.0 Å². The van der Waals surface area contributed by atoms with Gasteiger partial charge in [0.1, 0.15) is 0 Å². The standard InChI is InChI=1S/C18H26F3N3O2.HI/c1-2-25-12-11-17(9-5-6-10-17)13-23-16(22)24-14-7-3-4-8-15(14)26-18(19,20)21;/h3-4,7-8H,2,5-6,9-13H2,1H3,(H3,22,23,24);1H. The predicted octanol–water partition coefficient (Wildman–Crippen LogP) is 4.92. The van der Waals surface area contributed by atoms with Crippen LogP contribution in [0.2, 0.25) is 0 Å². The highest BCUT2D eigenvalue weighted by Gasteiger charge is 2.34. The van der Waals surface area contributed by atoms with Gasteiger partial charge < -0.3 is 20.5 Å². The van der Waals surface area contributed by atoms with Crippen molar-refractivity contribution in [1.29, 1.82) is 0 Å². The number of hydrogen-bond donors (Lipinski definition) is 2. The molecular formula is C18H27F3IN3O2. The van der Waals surface area contributed by atoms with Gasteiger partial charge in [-0.1, -0.05) is 25.0 Å². The van der Waals surface area contributed by atoms with Crippen molar-refractivity contribution < 1.29 is 22.6 Å². The second kappa shape index (κ2) is 10.9. The fraction of sp³-hybridized carbons (Fsp3) is 0.611. The molecule has 1 fully saturated rings. The van der Waals surface area contributed by atoms with Crippen LogP contribution in [0.3, 0.4) is 0 Å². The smallest absolute Gasteiger partial charge is 0.404 e. The number of hydrogen-bond acceptors (Lipinski definition) is 3. The van der Waals surface area contributed by atoms with Crippen molar-refractivity contribution in [2.75, 3.05) is 25.1 Å². The van der Waals surface area contributed by atoms with Gasteiger partial charge in [-0.15, -0.1) is 37.1 Å². The van der Waals surface area contributed by atoms with Gasteiger partial charge in [-0.05, 0) is 43.7 Å². The molecule has 0 saturated heterocycles. The fourth-order valence-electron chi connectivity index (χ4n) is 3.26. The highest BCUT2D eigenvalue weighted by Crippen LogP contribution is 2.41. The molecule has 0 heterocycles. The summed E-state index contributed by atoms with van der Waals surface area (Å²) in [6.07, 6.45) is 0.561. The number of rotatable bonds is 8. The first-order valence-electron chi connectivity index (χ1n) is 8.83. The van der Waals surface area contributed by atoms with Crippen molar-refractivity contribution in [2.45, 2.75) is 45.4 Å². The Morgan fingerprint density at radius 1 is 1.26 bits per heavy atom. The highest BCUT2D eigenvalue weighted by molar-refractivity contribution is 14.0. The molecule has 1 saturated carbocycles. The molecule has 2 rings (SSSR count). The van der Waals surface area contributed by atoms with Crippen molar-refractivity contribution in [3.05, 3.63) is 24.3 Å². The molecule has 0 aliphatic heterocycles. The minimum Gasteiger partial charge on any atom is -0.404 e. The van der Waals surface area contributed by atoms with E-state index in [9.17, 15) is 13.2 Å². The molecule has 0 bridgehead atoms. The number of alkyl halides is 3. The topological polar surface area (TPSA) is 68.9 Å². The molecule has 3 N–H and O–H groups in total. The summed E-state index contributed by atoms with van der Waals surface area (Å²) in [6.45, 7) is 3.85. The van der Waals surface area contributed by atoms with Gasteiger partial charge in [-0.2, -0.15) is 0 Å². The number of halogens is 4. The maximum Gasteiger partial charge on any atom is 0.573 e. The molecule has 1 aliphatic rings. The van der Waals surface area contributed by atoms with Crippen LogP contribution in [0.5, 0.6) is 5.75 Å². The molecule has 0 radical (unpaired) electrons. The Morgan fingerprint density at radius 2 is 1.93 bits per heavy atom. The molecule has 27 heavy (non-hydrogen) atoms. The van der Waals surface area contributed by atoms with Crippen LogP contribution >= 0.6 is 24.0 Å². The number of benzene rings is 1.